The minimum atomic E-state index is -6.22. The molecule has 0 N–H and O–H groups in total. The average Bonchev–Trinajstić information content (AvgIpc) is 2.71. The molecule has 174 valence electrons. The second-order valence-electron chi connectivity index (χ2n) is 8.31. The van der Waals surface area contributed by atoms with Gasteiger partial charge in [-0.1, -0.05) is 51.0 Å². The first kappa shape index (κ1) is 24.2. The number of carbonyl (C=O) groups is 2. The fourth-order valence-corrected chi connectivity index (χ4v) is 5.78. The normalized spacial score (nSPS) is 14.9. The van der Waals surface area contributed by atoms with E-state index < -0.39 is 35.5 Å². The van der Waals surface area contributed by atoms with Crippen LogP contribution >= 0.6 is 0 Å². The maximum Gasteiger partial charge on any atom is 0.525 e. The largest absolute Gasteiger partial charge is 0.525 e. The molecule has 32 heavy (non-hydrogen) atoms. The Morgan fingerprint density at radius 2 is 1.72 bits per heavy atom. The van der Waals surface area contributed by atoms with Crippen molar-refractivity contribution in [1.29, 1.82) is 0 Å². The number of carbonyl (C=O) groups excluding carboxylic acids is 2. The van der Waals surface area contributed by atoms with Gasteiger partial charge < -0.3 is 4.74 Å². The van der Waals surface area contributed by atoms with Crippen molar-refractivity contribution in [3.8, 4) is 5.75 Å². The number of hydroxylamine groups is 2. The maximum absolute atomic E-state index is 12.8. The number of hydrogen-bond acceptors (Lipinski definition) is 6. The summed E-state index contributed by atoms with van der Waals surface area (Å²) in [5, 5.41) is 0.286. The molecule has 0 radical (unpaired) electrons. The number of nitrogens with zero attached hydrogens (tertiary/aromatic N) is 1. The molecule has 0 saturated heterocycles. The van der Waals surface area contributed by atoms with Crippen LogP contribution in [0.25, 0.3) is 10.8 Å². The Hall–Kier alpha value is -2.44. The number of ether oxygens (including phenoxy) is 1. The minimum Gasteiger partial charge on any atom is -0.497 e. The molecule has 2 aromatic carbocycles. The van der Waals surface area contributed by atoms with E-state index in [1.807, 2.05) is 0 Å². The van der Waals surface area contributed by atoms with Gasteiger partial charge in [0.05, 0.1) is 25.4 Å². The van der Waals surface area contributed by atoms with Gasteiger partial charge in [0.1, 0.15) is 5.75 Å². The van der Waals surface area contributed by atoms with Crippen molar-refractivity contribution in [1.82, 2.24) is 5.06 Å². The lowest BCUT2D eigenvalue weighted by atomic mass is 9.95. The molecule has 0 atom stereocenters. The van der Waals surface area contributed by atoms with Crippen LogP contribution in [-0.4, -0.2) is 45.1 Å². The highest BCUT2D eigenvalue weighted by Crippen LogP contribution is 2.35. The molecule has 1 heterocycles. The molecule has 7 nitrogen and oxygen atoms in total. The average molecular weight is 490 g/mol. The van der Waals surface area contributed by atoms with Crippen LogP contribution in [0.5, 0.6) is 5.75 Å². The minimum absolute atomic E-state index is 0.154. The molecule has 2 amide bonds. The third-order valence-electron chi connectivity index (χ3n) is 5.07. The van der Waals surface area contributed by atoms with E-state index in [0.29, 0.717) is 17.4 Å². The fraction of sp³-hybridized carbons (Fsp3) is 0.400. The lowest BCUT2D eigenvalue weighted by molar-refractivity contribution is -0.0761. The summed E-state index contributed by atoms with van der Waals surface area (Å²) in [4.78, 5) is 25.4. The van der Waals surface area contributed by atoms with Crippen LogP contribution in [-0.2, 0) is 14.4 Å². The highest BCUT2D eigenvalue weighted by molar-refractivity contribution is 7.87. The lowest BCUT2D eigenvalue weighted by Gasteiger charge is -2.27. The third kappa shape index (κ3) is 4.66. The number of alkyl halides is 3. The van der Waals surface area contributed by atoms with Crippen molar-refractivity contribution < 1.29 is 40.2 Å². The summed E-state index contributed by atoms with van der Waals surface area (Å²) in [5.41, 5.74) is -6.14. The Kier molecular flexibility index (Phi) is 6.42. The molecule has 0 spiro atoms. The summed E-state index contributed by atoms with van der Waals surface area (Å²) in [6.07, 6.45) is 2.57. The molecule has 0 bridgehead atoms. The van der Waals surface area contributed by atoms with Crippen LogP contribution in [0.1, 0.15) is 40.5 Å². The molecule has 3 rings (SSSR count). The molecule has 0 fully saturated rings. The van der Waals surface area contributed by atoms with Gasteiger partial charge in [0.25, 0.3) is 11.8 Å². The van der Waals surface area contributed by atoms with Gasteiger partial charge in [0, 0.05) is 5.39 Å². The zero-order valence-corrected chi connectivity index (χ0v) is 19.5. The number of imide groups is 1. The van der Waals surface area contributed by atoms with Gasteiger partial charge in [-0.3, -0.25) is 9.59 Å². The van der Waals surface area contributed by atoms with E-state index >= 15 is 0 Å². The zero-order chi connectivity index (χ0) is 23.9. The Balaban J connectivity index is 2.00. The molecular weight excluding hydrogens is 467 g/mol. The van der Waals surface area contributed by atoms with E-state index in [0.717, 1.165) is 18.9 Å². The molecule has 12 heteroatoms. The fourth-order valence-electron chi connectivity index (χ4n) is 3.36. The number of halogens is 3. The van der Waals surface area contributed by atoms with Crippen LogP contribution in [0.4, 0.5) is 13.2 Å². The van der Waals surface area contributed by atoms with Gasteiger partial charge in [0.2, 0.25) is 0 Å². The van der Waals surface area contributed by atoms with Crippen molar-refractivity contribution in [3.63, 3.8) is 0 Å². The predicted molar refractivity (Wildman–Crippen MR) is 113 cm³/mol. The van der Waals surface area contributed by atoms with Gasteiger partial charge in [-0.05, 0) is 23.6 Å². The first-order chi connectivity index (χ1) is 14.8. The zero-order valence-electron chi connectivity index (χ0n) is 17.7. The summed E-state index contributed by atoms with van der Waals surface area (Å²) in [7, 11) is -7.92. The number of rotatable bonds is 8. The van der Waals surface area contributed by atoms with Gasteiger partial charge in [-0.25, -0.2) is 0 Å². The van der Waals surface area contributed by atoms with Crippen molar-refractivity contribution >= 4 is 40.8 Å². The Labute approximate surface area is 184 Å². The topological polar surface area (TPSA) is 90.0 Å². The highest BCUT2D eigenvalue weighted by Gasteiger charge is 2.51. The second kappa shape index (κ2) is 8.48. The van der Waals surface area contributed by atoms with Crippen LogP contribution in [0, 0.1) is 0 Å². The van der Waals surface area contributed by atoms with E-state index in [1.54, 1.807) is 12.1 Å². The van der Waals surface area contributed by atoms with E-state index in [9.17, 15) is 31.2 Å². The first-order valence-corrected chi connectivity index (χ1v) is 14.7. The summed E-state index contributed by atoms with van der Waals surface area (Å²) in [5.74, 6) is -2.33. The molecule has 0 aromatic heterocycles. The maximum atomic E-state index is 12.8. The van der Waals surface area contributed by atoms with Gasteiger partial charge in [-0.2, -0.15) is 21.6 Å². The van der Waals surface area contributed by atoms with E-state index in [2.05, 4.69) is 24.3 Å². The smallest absolute Gasteiger partial charge is 0.497 e. The van der Waals surface area contributed by atoms with E-state index in [1.165, 1.54) is 18.2 Å². The molecular formula is C20H22F3NO6SSi. The quantitative estimate of drug-likeness (QED) is 0.305. The second-order valence-corrected chi connectivity index (χ2v) is 14.9. The first-order valence-electron chi connectivity index (χ1n) is 9.86. The molecule has 2 aromatic rings. The standard InChI is InChI=1S/C20H22F3NO6SSi/c1-4-5-9-32(2,3)12-29-14-10-13-7-6-8-15-17(13)16(11-14)19(26)24(18(15)25)30-31(27,28)20(21,22)23/h6-8,10-11H,4-5,9,12H2,1-3H3. The van der Waals surface area contributed by atoms with Crippen molar-refractivity contribution in [2.24, 2.45) is 0 Å². The summed E-state index contributed by atoms with van der Waals surface area (Å²) in [6.45, 7) is 6.41. The van der Waals surface area contributed by atoms with Crippen molar-refractivity contribution in [2.75, 3.05) is 6.23 Å². The third-order valence-corrected chi connectivity index (χ3v) is 8.62. The molecule has 0 unspecified atom stereocenters. The van der Waals surface area contributed by atoms with Crippen LogP contribution in [0.3, 0.4) is 0 Å². The molecule has 0 saturated carbocycles. The molecule has 1 aliphatic heterocycles. The summed E-state index contributed by atoms with van der Waals surface area (Å²) < 4.78 is 70.9. The Bertz CT molecular complexity index is 1180. The highest BCUT2D eigenvalue weighted by atomic mass is 32.2. The van der Waals surface area contributed by atoms with Crippen molar-refractivity contribution in [2.45, 2.75) is 44.4 Å². The van der Waals surface area contributed by atoms with Crippen LogP contribution in [0.2, 0.25) is 19.1 Å². The summed E-state index contributed by atoms with van der Waals surface area (Å²) in [6, 6.07) is 8.34. The number of amides is 2. The van der Waals surface area contributed by atoms with Gasteiger partial charge in [-0.15, -0.1) is 9.35 Å². The monoisotopic (exact) mass is 489 g/mol. The lowest BCUT2D eigenvalue weighted by Crippen LogP contribution is -2.44. The number of unbranched alkanes of at least 4 members (excludes halogenated alkanes) is 1. The Morgan fingerprint density at radius 3 is 2.34 bits per heavy atom. The summed E-state index contributed by atoms with van der Waals surface area (Å²) >= 11 is 0. The SMILES string of the molecule is CCCC[Si](C)(C)COc1cc2c3c(cccc3c1)C(=O)N(OS(=O)(=O)C(F)(F)F)C2=O. The van der Waals surface area contributed by atoms with E-state index in [-0.39, 0.29) is 21.6 Å². The van der Waals surface area contributed by atoms with Crippen LogP contribution < -0.4 is 4.74 Å². The van der Waals surface area contributed by atoms with Gasteiger partial charge in [0.15, 0.2) is 0 Å². The molecule has 1 aliphatic rings. The molecule has 0 aliphatic carbocycles. The Morgan fingerprint density at radius 1 is 1.06 bits per heavy atom. The van der Waals surface area contributed by atoms with Gasteiger partial charge >= 0.3 is 15.6 Å². The predicted octanol–water partition coefficient (Wildman–Crippen LogP) is 4.64. The van der Waals surface area contributed by atoms with E-state index in [4.69, 9.17) is 4.74 Å². The number of hydrogen-bond donors (Lipinski definition) is 0. The van der Waals surface area contributed by atoms with Crippen molar-refractivity contribution in [3.05, 3.63) is 41.5 Å². The number of benzene rings is 2. The van der Waals surface area contributed by atoms with Crippen LogP contribution in [0.15, 0.2) is 30.3 Å².